The van der Waals surface area contributed by atoms with Gasteiger partial charge in [0, 0.05) is 30.5 Å². The van der Waals surface area contributed by atoms with Crippen LogP contribution < -0.4 is 5.32 Å². The van der Waals surface area contributed by atoms with Crippen molar-refractivity contribution in [2.45, 2.75) is 19.5 Å². The van der Waals surface area contributed by atoms with E-state index < -0.39 is 0 Å². The molecule has 0 saturated heterocycles. The summed E-state index contributed by atoms with van der Waals surface area (Å²) in [6, 6.07) is 6.70. The summed E-state index contributed by atoms with van der Waals surface area (Å²) in [5.74, 6) is -0.210. The average molecular weight is 245 g/mol. The Morgan fingerprint density at radius 2 is 2.17 bits per heavy atom. The van der Waals surface area contributed by atoms with E-state index in [1.807, 2.05) is 13.1 Å². The molecule has 1 aromatic carbocycles. The maximum Gasteiger partial charge on any atom is 0.123 e. The third-order valence-corrected chi connectivity index (χ3v) is 2.82. The van der Waals surface area contributed by atoms with E-state index in [1.54, 1.807) is 29.2 Å². The van der Waals surface area contributed by atoms with Crippen LogP contribution in [-0.2, 0) is 6.54 Å². The quantitative estimate of drug-likeness (QED) is 0.877. The number of rotatable bonds is 5. The molecule has 0 bridgehead atoms. The van der Waals surface area contributed by atoms with Crippen LogP contribution in [0.5, 0.6) is 0 Å². The summed E-state index contributed by atoms with van der Waals surface area (Å²) >= 11 is 0. The number of halogens is 1. The third kappa shape index (κ3) is 3.05. The number of aromatic nitrogens is 2. The summed E-state index contributed by atoms with van der Waals surface area (Å²) in [7, 11) is 0. The molecule has 3 nitrogen and oxygen atoms in total. The van der Waals surface area contributed by atoms with Gasteiger partial charge in [-0.2, -0.15) is 5.10 Å². The highest BCUT2D eigenvalue weighted by atomic mass is 19.1. The highest BCUT2D eigenvalue weighted by Gasteiger charge is 2.05. The summed E-state index contributed by atoms with van der Waals surface area (Å²) in [6.07, 6.45) is 5.36. The molecule has 1 N–H and O–H groups in total. The molecule has 0 radical (unpaired) electrons. The fourth-order valence-electron chi connectivity index (χ4n) is 1.71. The SMILES string of the molecule is C=Cn1cc(CN[C@@H](C)c2ccc(F)cc2)cn1. The monoisotopic (exact) mass is 245 g/mol. The van der Waals surface area contributed by atoms with Crippen molar-refractivity contribution in [1.82, 2.24) is 15.1 Å². The summed E-state index contributed by atoms with van der Waals surface area (Å²) in [5, 5.41) is 7.47. The minimum atomic E-state index is -0.210. The minimum Gasteiger partial charge on any atom is -0.306 e. The van der Waals surface area contributed by atoms with Crippen LogP contribution in [0.1, 0.15) is 24.1 Å². The standard InChI is InChI=1S/C14H16FN3/c1-3-18-10-12(9-17-18)8-16-11(2)13-4-6-14(15)7-5-13/h3-7,9-11,16H,1,8H2,2H3/t11-/m0/s1. The van der Waals surface area contributed by atoms with Gasteiger partial charge in [-0.15, -0.1) is 0 Å². The van der Waals surface area contributed by atoms with Gasteiger partial charge in [0.05, 0.1) is 6.20 Å². The Balaban J connectivity index is 1.93. The number of benzene rings is 1. The van der Waals surface area contributed by atoms with Gasteiger partial charge in [0.1, 0.15) is 5.82 Å². The van der Waals surface area contributed by atoms with Gasteiger partial charge < -0.3 is 5.32 Å². The number of hydrogen-bond acceptors (Lipinski definition) is 2. The molecule has 1 atom stereocenters. The molecule has 0 fully saturated rings. The molecule has 0 aliphatic rings. The Hall–Kier alpha value is -1.94. The first-order valence-corrected chi connectivity index (χ1v) is 5.83. The molecule has 18 heavy (non-hydrogen) atoms. The van der Waals surface area contributed by atoms with Crippen molar-refractivity contribution in [1.29, 1.82) is 0 Å². The van der Waals surface area contributed by atoms with E-state index in [0.717, 1.165) is 11.1 Å². The Morgan fingerprint density at radius 3 is 2.78 bits per heavy atom. The summed E-state index contributed by atoms with van der Waals surface area (Å²) in [6.45, 7) is 6.40. The van der Waals surface area contributed by atoms with E-state index in [4.69, 9.17) is 0 Å². The van der Waals surface area contributed by atoms with Crippen molar-refractivity contribution in [3.63, 3.8) is 0 Å². The van der Waals surface area contributed by atoms with Gasteiger partial charge in [0.15, 0.2) is 0 Å². The van der Waals surface area contributed by atoms with Crippen molar-refractivity contribution in [2.75, 3.05) is 0 Å². The first-order valence-electron chi connectivity index (χ1n) is 5.83. The Labute approximate surface area is 106 Å². The second-order valence-corrected chi connectivity index (χ2v) is 4.17. The maximum absolute atomic E-state index is 12.8. The van der Waals surface area contributed by atoms with Crippen molar-refractivity contribution >= 4 is 6.20 Å². The summed E-state index contributed by atoms with van der Waals surface area (Å²) in [5.41, 5.74) is 2.15. The van der Waals surface area contributed by atoms with Crippen molar-refractivity contribution < 1.29 is 4.39 Å². The molecule has 0 aliphatic heterocycles. The maximum atomic E-state index is 12.8. The van der Waals surface area contributed by atoms with Gasteiger partial charge in [-0.1, -0.05) is 18.7 Å². The molecular weight excluding hydrogens is 229 g/mol. The Morgan fingerprint density at radius 1 is 1.44 bits per heavy atom. The molecule has 1 heterocycles. The molecular formula is C14H16FN3. The van der Waals surface area contributed by atoms with Gasteiger partial charge in [0.25, 0.3) is 0 Å². The van der Waals surface area contributed by atoms with Crippen molar-refractivity contribution in [3.8, 4) is 0 Å². The predicted molar refractivity (Wildman–Crippen MR) is 70.3 cm³/mol. The topological polar surface area (TPSA) is 29.9 Å². The van der Waals surface area contributed by atoms with E-state index >= 15 is 0 Å². The van der Waals surface area contributed by atoms with E-state index in [9.17, 15) is 4.39 Å². The molecule has 0 aliphatic carbocycles. The van der Waals surface area contributed by atoms with Crippen LogP contribution in [0, 0.1) is 5.82 Å². The molecule has 4 heteroatoms. The molecule has 2 aromatic rings. The van der Waals surface area contributed by atoms with Crippen molar-refractivity contribution in [3.05, 3.63) is 60.2 Å². The zero-order valence-electron chi connectivity index (χ0n) is 10.3. The average Bonchev–Trinajstić information content (AvgIpc) is 2.85. The largest absolute Gasteiger partial charge is 0.306 e. The Bertz CT molecular complexity index is 516. The number of nitrogens with zero attached hydrogens (tertiary/aromatic N) is 2. The minimum absolute atomic E-state index is 0.165. The van der Waals surface area contributed by atoms with E-state index in [-0.39, 0.29) is 11.9 Å². The van der Waals surface area contributed by atoms with E-state index in [0.29, 0.717) is 6.54 Å². The lowest BCUT2D eigenvalue weighted by Gasteiger charge is -2.13. The Kier molecular flexibility index (Phi) is 3.89. The van der Waals surface area contributed by atoms with Gasteiger partial charge >= 0.3 is 0 Å². The lowest BCUT2D eigenvalue weighted by atomic mass is 10.1. The summed E-state index contributed by atoms with van der Waals surface area (Å²) in [4.78, 5) is 0. The van der Waals surface area contributed by atoms with Crippen LogP contribution in [0.15, 0.2) is 43.2 Å². The second-order valence-electron chi connectivity index (χ2n) is 4.17. The van der Waals surface area contributed by atoms with Gasteiger partial charge in [-0.25, -0.2) is 9.07 Å². The van der Waals surface area contributed by atoms with Crippen LogP contribution >= 0.6 is 0 Å². The molecule has 0 amide bonds. The normalized spacial score (nSPS) is 12.3. The van der Waals surface area contributed by atoms with Gasteiger partial charge in [-0.3, -0.25) is 0 Å². The van der Waals surface area contributed by atoms with E-state index in [2.05, 4.69) is 17.0 Å². The van der Waals surface area contributed by atoms with Crippen LogP contribution in [0.2, 0.25) is 0 Å². The lowest BCUT2D eigenvalue weighted by Crippen LogP contribution is -2.17. The van der Waals surface area contributed by atoms with Gasteiger partial charge in [-0.05, 0) is 24.6 Å². The summed E-state index contributed by atoms with van der Waals surface area (Å²) < 4.78 is 14.5. The highest BCUT2D eigenvalue weighted by Crippen LogP contribution is 2.13. The molecule has 0 spiro atoms. The number of nitrogens with one attached hydrogen (secondary N) is 1. The molecule has 0 unspecified atom stereocenters. The lowest BCUT2D eigenvalue weighted by molar-refractivity contribution is 0.571. The molecule has 1 aromatic heterocycles. The van der Waals surface area contributed by atoms with Crippen molar-refractivity contribution in [2.24, 2.45) is 0 Å². The van der Waals surface area contributed by atoms with Crippen LogP contribution in [-0.4, -0.2) is 9.78 Å². The second kappa shape index (κ2) is 5.60. The fraction of sp³-hybridized carbons (Fsp3) is 0.214. The molecule has 2 rings (SSSR count). The fourth-order valence-corrected chi connectivity index (χ4v) is 1.71. The van der Waals surface area contributed by atoms with E-state index in [1.165, 1.54) is 12.1 Å². The van der Waals surface area contributed by atoms with Crippen LogP contribution in [0.4, 0.5) is 4.39 Å². The third-order valence-electron chi connectivity index (χ3n) is 2.82. The van der Waals surface area contributed by atoms with Crippen LogP contribution in [0.25, 0.3) is 6.20 Å². The molecule has 0 saturated carbocycles. The zero-order chi connectivity index (χ0) is 13.0. The highest BCUT2D eigenvalue weighted by molar-refractivity contribution is 5.20. The number of hydrogen-bond donors (Lipinski definition) is 1. The predicted octanol–water partition coefficient (Wildman–Crippen LogP) is 2.97. The zero-order valence-corrected chi connectivity index (χ0v) is 10.3. The first kappa shape index (κ1) is 12.5. The molecule has 94 valence electrons. The smallest absolute Gasteiger partial charge is 0.123 e. The van der Waals surface area contributed by atoms with Crippen LogP contribution in [0.3, 0.4) is 0 Å². The van der Waals surface area contributed by atoms with Gasteiger partial charge in [0.2, 0.25) is 0 Å². The first-order chi connectivity index (χ1) is 8.69.